The Bertz CT molecular complexity index is 966. The average Bonchev–Trinajstić information content (AvgIpc) is 3.56. The quantitative estimate of drug-likeness (QED) is 0.679. The molecule has 0 bridgehead atoms. The van der Waals surface area contributed by atoms with E-state index in [0.29, 0.717) is 5.92 Å². The third kappa shape index (κ3) is 4.96. The van der Waals surface area contributed by atoms with E-state index in [1.165, 1.54) is 0 Å². The lowest BCUT2D eigenvalue weighted by molar-refractivity contribution is -0.132. The predicted octanol–water partition coefficient (Wildman–Crippen LogP) is 4.08. The van der Waals surface area contributed by atoms with E-state index in [4.69, 9.17) is 0 Å². The molecule has 2 amide bonds. The molecule has 5 nitrogen and oxygen atoms in total. The molecule has 2 unspecified atom stereocenters. The van der Waals surface area contributed by atoms with Crippen LogP contribution in [0.1, 0.15) is 74.8 Å². The summed E-state index contributed by atoms with van der Waals surface area (Å²) >= 11 is 0. The van der Waals surface area contributed by atoms with Crippen LogP contribution in [0.3, 0.4) is 0 Å². The van der Waals surface area contributed by atoms with Gasteiger partial charge in [0.1, 0.15) is 12.0 Å². The van der Waals surface area contributed by atoms with Gasteiger partial charge in [-0.15, -0.1) is 0 Å². The fraction of sp³-hybridized carbons (Fsp3) is 0.440. The van der Waals surface area contributed by atoms with Crippen molar-refractivity contribution < 1.29 is 14.0 Å². The number of hydrogen-bond acceptors (Lipinski definition) is 3. The fourth-order valence-corrected chi connectivity index (χ4v) is 4.19. The Morgan fingerprint density at radius 1 is 1.13 bits per heavy atom. The molecule has 1 saturated carbocycles. The Labute approximate surface area is 182 Å². The number of amides is 2. The van der Waals surface area contributed by atoms with Gasteiger partial charge in [0.2, 0.25) is 11.8 Å². The van der Waals surface area contributed by atoms with Crippen molar-refractivity contribution in [2.45, 2.75) is 64.2 Å². The number of halogens is 1. The lowest BCUT2D eigenvalue weighted by Gasteiger charge is -2.36. The zero-order valence-electron chi connectivity index (χ0n) is 18.2. The van der Waals surface area contributed by atoms with Gasteiger partial charge in [-0.2, -0.15) is 0 Å². The molecule has 4 rings (SSSR count). The second-order valence-electron chi connectivity index (χ2n) is 9.70. The lowest BCUT2D eigenvalue weighted by Crippen LogP contribution is -2.57. The summed E-state index contributed by atoms with van der Waals surface area (Å²) in [5, 5.41) is 9.20. The topological polar surface area (TPSA) is 70.2 Å². The molecule has 1 aliphatic carbocycles. The molecule has 6 heteroatoms. The first kappa shape index (κ1) is 21.5. The van der Waals surface area contributed by atoms with E-state index in [1.807, 2.05) is 63.2 Å². The molecular formula is C25H30FN3O2. The number of hydrogen-bond donors (Lipinski definition) is 3. The molecule has 31 heavy (non-hydrogen) atoms. The van der Waals surface area contributed by atoms with Crippen LogP contribution >= 0.6 is 0 Å². The van der Waals surface area contributed by atoms with Crippen LogP contribution in [-0.4, -0.2) is 17.9 Å². The van der Waals surface area contributed by atoms with E-state index >= 15 is 0 Å². The second kappa shape index (κ2) is 8.42. The SMILES string of the molecule is CC(C)(C)[C@@H](NC(=O)C1CC(=O)NC(c2ccccc2)N1)c1ccc(C2CC2)c(F)c1. The minimum atomic E-state index is -0.667. The van der Waals surface area contributed by atoms with Crippen molar-refractivity contribution >= 4 is 11.8 Å². The highest BCUT2D eigenvalue weighted by molar-refractivity contribution is 5.90. The molecule has 1 heterocycles. The molecule has 1 aliphatic heterocycles. The summed E-state index contributed by atoms with van der Waals surface area (Å²) in [5.74, 6) is -0.318. The Hall–Kier alpha value is -2.73. The molecule has 0 radical (unpaired) electrons. The van der Waals surface area contributed by atoms with Gasteiger partial charge in [-0.05, 0) is 46.9 Å². The molecule has 0 aromatic heterocycles. The van der Waals surface area contributed by atoms with E-state index in [0.717, 1.165) is 29.5 Å². The van der Waals surface area contributed by atoms with Crippen molar-refractivity contribution in [2.75, 3.05) is 0 Å². The van der Waals surface area contributed by atoms with Gasteiger partial charge in [-0.1, -0.05) is 63.2 Å². The zero-order chi connectivity index (χ0) is 22.2. The third-order valence-corrected chi connectivity index (χ3v) is 6.04. The summed E-state index contributed by atoms with van der Waals surface area (Å²) in [6, 6.07) is 13.8. The van der Waals surface area contributed by atoms with Gasteiger partial charge in [0.25, 0.3) is 0 Å². The van der Waals surface area contributed by atoms with Gasteiger partial charge in [-0.25, -0.2) is 4.39 Å². The standard InChI is InChI=1S/C25H30FN3O2/c1-25(2,3)22(17-11-12-18(15-9-10-15)19(26)13-17)29-24(31)20-14-21(30)28-23(27-20)16-7-5-4-6-8-16/h4-8,11-13,15,20,22-23,27H,9-10,14H2,1-3H3,(H,28,30)(H,29,31)/t20?,22-,23?/m0/s1. The Balaban J connectivity index is 1.52. The van der Waals surface area contributed by atoms with Crippen molar-refractivity contribution in [2.24, 2.45) is 5.41 Å². The highest BCUT2D eigenvalue weighted by Crippen LogP contribution is 2.42. The molecule has 2 aromatic rings. The van der Waals surface area contributed by atoms with Crippen LogP contribution in [0.25, 0.3) is 0 Å². The molecule has 3 N–H and O–H groups in total. The first-order chi connectivity index (χ1) is 14.7. The largest absolute Gasteiger partial charge is 0.347 e. The number of benzene rings is 2. The van der Waals surface area contributed by atoms with Crippen LogP contribution in [-0.2, 0) is 9.59 Å². The summed E-state index contributed by atoms with van der Waals surface area (Å²) in [7, 11) is 0. The molecule has 1 saturated heterocycles. The van der Waals surface area contributed by atoms with Crippen LogP contribution in [0.2, 0.25) is 0 Å². The van der Waals surface area contributed by atoms with Gasteiger partial charge in [-0.3, -0.25) is 14.9 Å². The van der Waals surface area contributed by atoms with Crippen LogP contribution in [0.15, 0.2) is 48.5 Å². The number of rotatable bonds is 5. The molecular weight excluding hydrogens is 393 g/mol. The first-order valence-electron chi connectivity index (χ1n) is 10.9. The summed E-state index contributed by atoms with van der Waals surface area (Å²) in [6.07, 6.45) is 1.70. The zero-order valence-corrected chi connectivity index (χ0v) is 18.2. The molecule has 2 aromatic carbocycles. The minimum Gasteiger partial charge on any atom is -0.347 e. The van der Waals surface area contributed by atoms with Crippen molar-refractivity contribution in [1.29, 1.82) is 0 Å². The maximum atomic E-state index is 14.7. The minimum absolute atomic E-state index is 0.0566. The Morgan fingerprint density at radius 2 is 1.84 bits per heavy atom. The molecule has 164 valence electrons. The van der Waals surface area contributed by atoms with Gasteiger partial charge in [0.05, 0.1) is 18.5 Å². The van der Waals surface area contributed by atoms with Crippen LogP contribution in [0, 0.1) is 11.2 Å². The number of carbonyl (C=O) groups excluding carboxylic acids is 2. The van der Waals surface area contributed by atoms with E-state index in [9.17, 15) is 14.0 Å². The van der Waals surface area contributed by atoms with Crippen LogP contribution in [0.4, 0.5) is 4.39 Å². The normalized spacial score (nSPS) is 22.5. The van der Waals surface area contributed by atoms with Crippen LogP contribution in [0.5, 0.6) is 0 Å². The van der Waals surface area contributed by atoms with Gasteiger partial charge < -0.3 is 10.6 Å². The predicted molar refractivity (Wildman–Crippen MR) is 118 cm³/mol. The molecule has 2 fully saturated rings. The van der Waals surface area contributed by atoms with Gasteiger partial charge >= 0.3 is 0 Å². The van der Waals surface area contributed by atoms with E-state index in [2.05, 4.69) is 16.0 Å². The average molecular weight is 424 g/mol. The van der Waals surface area contributed by atoms with Crippen LogP contribution < -0.4 is 16.0 Å². The smallest absolute Gasteiger partial charge is 0.238 e. The summed E-state index contributed by atoms with van der Waals surface area (Å²) in [4.78, 5) is 25.5. The van der Waals surface area contributed by atoms with Gasteiger partial charge in [0, 0.05) is 0 Å². The third-order valence-electron chi connectivity index (χ3n) is 6.04. The molecule has 2 aliphatic rings. The summed E-state index contributed by atoms with van der Waals surface area (Å²) in [5.41, 5.74) is 2.05. The second-order valence-corrected chi connectivity index (χ2v) is 9.70. The highest BCUT2D eigenvalue weighted by atomic mass is 19.1. The fourth-order valence-electron chi connectivity index (χ4n) is 4.19. The molecule has 3 atom stereocenters. The summed E-state index contributed by atoms with van der Waals surface area (Å²) < 4.78 is 14.7. The number of nitrogens with one attached hydrogen (secondary N) is 3. The Morgan fingerprint density at radius 3 is 2.45 bits per heavy atom. The van der Waals surface area contributed by atoms with Crippen molar-refractivity contribution in [3.8, 4) is 0 Å². The van der Waals surface area contributed by atoms with E-state index < -0.39 is 12.2 Å². The molecule has 0 spiro atoms. The number of carbonyl (C=O) groups is 2. The van der Waals surface area contributed by atoms with E-state index in [-0.39, 0.29) is 35.5 Å². The lowest BCUT2D eigenvalue weighted by atomic mass is 9.81. The van der Waals surface area contributed by atoms with E-state index in [1.54, 1.807) is 6.07 Å². The maximum Gasteiger partial charge on any atom is 0.238 e. The maximum absolute atomic E-state index is 14.7. The first-order valence-corrected chi connectivity index (χ1v) is 10.9. The van der Waals surface area contributed by atoms with Crippen molar-refractivity contribution in [1.82, 2.24) is 16.0 Å². The highest BCUT2D eigenvalue weighted by Gasteiger charge is 2.35. The Kier molecular flexibility index (Phi) is 5.84. The van der Waals surface area contributed by atoms with Crippen molar-refractivity contribution in [3.05, 3.63) is 71.0 Å². The summed E-state index contributed by atoms with van der Waals surface area (Å²) in [6.45, 7) is 6.04. The van der Waals surface area contributed by atoms with Crippen molar-refractivity contribution in [3.63, 3.8) is 0 Å². The monoisotopic (exact) mass is 423 g/mol. The van der Waals surface area contributed by atoms with Gasteiger partial charge in [0.15, 0.2) is 0 Å².